The van der Waals surface area contributed by atoms with Crippen LogP contribution in [0.3, 0.4) is 0 Å². The van der Waals surface area contributed by atoms with Crippen molar-refractivity contribution < 1.29 is 9.05 Å². The molecule has 0 atom stereocenters. The first-order chi connectivity index (χ1) is 24.7. The maximum absolute atomic E-state index is 7.30. The van der Waals surface area contributed by atoms with Gasteiger partial charge in [0.25, 0.3) is 0 Å². The van der Waals surface area contributed by atoms with Crippen LogP contribution in [0.15, 0.2) is 147 Å². The number of hydrogen-bond acceptors (Lipinski definition) is 2. The Hall–Kier alpha value is -5.54. The lowest BCUT2D eigenvalue weighted by atomic mass is 9.91. The lowest BCUT2D eigenvalue weighted by Crippen LogP contribution is -2.16. The first-order valence-electron chi connectivity index (χ1n) is 16.7. The van der Waals surface area contributed by atoms with Crippen LogP contribution in [0.5, 0.6) is 11.5 Å². The highest BCUT2D eigenvalue weighted by Crippen LogP contribution is 2.55. The molecular weight excluding hydrogens is 654 g/mol. The van der Waals surface area contributed by atoms with E-state index in [2.05, 4.69) is 164 Å². The molecule has 242 valence electrons. The second kappa shape index (κ2) is 11.5. The van der Waals surface area contributed by atoms with E-state index in [1.165, 1.54) is 22.8 Å². The number of rotatable bonds is 7. The lowest BCUT2D eigenvalue weighted by Gasteiger charge is -2.30. The van der Waals surface area contributed by atoms with Crippen LogP contribution in [-0.4, -0.2) is 17.4 Å². The number of benzene rings is 4. The molecule has 6 heterocycles. The molecule has 2 aliphatic rings. The normalized spacial score (nSPS) is 13.8. The van der Waals surface area contributed by atoms with Gasteiger partial charge < -0.3 is 9.05 Å². The molecule has 6 nitrogen and oxygen atoms in total. The summed E-state index contributed by atoms with van der Waals surface area (Å²) < 4.78 is 23.8. The summed E-state index contributed by atoms with van der Waals surface area (Å²) in [6.45, 7) is 8.10. The number of aromatic nitrogens is 4. The molecule has 0 saturated heterocycles. The monoisotopic (exact) mass is 686 g/mol. The van der Waals surface area contributed by atoms with Crippen molar-refractivity contribution in [3.05, 3.63) is 181 Å². The summed E-state index contributed by atoms with van der Waals surface area (Å²) in [7, 11) is -2.50. The summed E-state index contributed by atoms with van der Waals surface area (Å²) in [4.78, 5) is 0. The molecule has 0 saturated carbocycles. The summed E-state index contributed by atoms with van der Waals surface area (Å²) in [5.74, 6) is 1.61. The van der Waals surface area contributed by atoms with Crippen molar-refractivity contribution in [1.29, 1.82) is 0 Å². The van der Waals surface area contributed by atoms with Crippen molar-refractivity contribution in [1.82, 2.24) is 17.4 Å². The second-order valence-electron chi connectivity index (χ2n) is 12.7. The average molecular weight is 687 g/mol. The van der Waals surface area contributed by atoms with Crippen molar-refractivity contribution >= 4 is 50.6 Å². The average Bonchev–Trinajstić information content (AvgIpc) is 3.98. The van der Waals surface area contributed by atoms with Crippen LogP contribution in [0.1, 0.15) is 33.9 Å². The minimum atomic E-state index is -1.25. The van der Waals surface area contributed by atoms with Gasteiger partial charge in [0, 0.05) is 71.5 Å². The van der Waals surface area contributed by atoms with Crippen molar-refractivity contribution in [3.63, 3.8) is 0 Å². The fraction of sp³-hybridized carbons (Fsp3) is 0.0476. The minimum Gasteiger partial charge on any atom is -0.435 e. The van der Waals surface area contributed by atoms with Gasteiger partial charge >= 0.3 is 16.9 Å². The summed E-state index contributed by atoms with van der Waals surface area (Å²) in [6.07, 6.45) is 14.1. The zero-order chi connectivity index (χ0) is 33.3. The maximum Gasteiger partial charge on any atom is 0.318 e. The van der Waals surface area contributed by atoms with Gasteiger partial charge in [-0.1, -0.05) is 61.7 Å². The largest absolute Gasteiger partial charge is 0.435 e. The van der Waals surface area contributed by atoms with Gasteiger partial charge in [-0.25, -0.2) is 0 Å². The van der Waals surface area contributed by atoms with E-state index in [9.17, 15) is 0 Å². The molecular formula is C42H32N4O2P2. The standard InChI is InChI=1S/C42H32N4O2P2/c1-3-29-13-17-37-31(25-29)15-19-39(47-49-43-21-5-9-33(43)27-34-10-6-22-44(34)49)41(37)42-38-18-14-30(4-2)26-32(38)16-20-40(42)48-50-45-23-7-11-35(45)28-36-12-8-24-46(36)50/h3-26H,1-2,27-28H2. The Morgan fingerprint density at radius 3 is 1.22 bits per heavy atom. The Morgan fingerprint density at radius 2 is 0.860 bits per heavy atom. The van der Waals surface area contributed by atoms with Gasteiger partial charge in [0.2, 0.25) is 0 Å². The SMILES string of the molecule is C=Cc1ccc2c(-c3c(OP4n5cccc5Cc5cccn54)ccc4cc(C=C)ccc34)c(OP3n4cccc4Cc4cccn43)ccc2c1. The van der Waals surface area contributed by atoms with Gasteiger partial charge in [-0.05, 0) is 105 Å². The highest BCUT2D eigenvalue weighted by molar-refractivity contribution is 7.50. The molecule has 10 rings (SSSR count). The Kier molecular flexibility index (Phi) is 6.77. The van der Waals surface area contributed by atoms with Crippen molar-refractivity contribution in [2.75, 3.05) is 0 Å². The Bertz CT molecular complexity index is 2380. The van der Waals surface area contributed by atoms with E-state index in [-0.39, 0.29) is 0 Å². The lowest BCUT2D eigenvalue weighted by molar-refractivity contribution is 0.578. The van der Waals surface area contributed by atoms with Gasteiger partial charge in [-0.2, -0.15) is 0 Å². The molecule has 4 aromatic carbocycles. The summed E-state index contributed by atoms with van der Waals surface area (Å²) in [6, 6.07) is 38.9. The third-order valence-electron chi connectivity index (χ3n) is 9.80. The molecule has 0 unspecified atom stereocenters. The molecule has 0 spiro atoms. The van der Waals surface area contributed by atoms with Crippen LogP contribution < -0.4 is 9.05 Å². The molecule has 4 aromatic heterocycles. The van der Waals surface area contributed by atoms with Crippen LogP contribution in [0, 0.1) is 0 Å². The quantitative estimate of drug-likeness (QED) is 0.157. The Morgan fingerprint density at radius 1 is 0.480 bits per heavy atom. The van der Waals surface area contributed by atoms with Gasteiger partial charge in [0.05, 0.1) is 0 Å². The summed E-state index contributed by atoms with van der Waals surface area (Å²) in [5, 5.41) is 4.40. The first-order valence-corrected chi connectivity index (χ1v) is 19.0. The van der Waals surface area contributed by atoms with Gasteiger partial charge in [0.15, 0.2) is 0 Å². The molecule has 0 radical (unpaired) electrons. The summed E-state index contributed by atoms with van der Waals surface area (Å²) in [5.41, 5.74) is 9.14. The van der Waals surface area contributed by atoms with E-state index in [1.807, 2.05) is 12.2 Å². The van der Waals surface area contributed by atoms with Crippen LogP contribution in [-0.2, 0) is 12.8 Å². The van der Waals surface area contributed by atoms with Gasteiger partial charge in [0.1, 0.15) is 11.5 Å². The highest BCUT2D eigenvalue weighted by atomic mass is 31.2. The topological polar surface area (TPSA) is 38.2 Å². The molecule has 50 heavy (non-hydrogen) atoms. The molecule has 0 fully saturated rings. The van der Waals surface area contributed by atoms with E-state index >= 15 is 0 Å². The predicted molar refractivity (Wildman–Crippen MR) is 207 cm³/mol. The second-order valence-corrected chi connectivity index (χ2v) is 15.8. The fourth-order valence-corrected chi connectivity index (χ4v) is 11.0. The van der Waals surface area contributed by atoms with Gasteiger partial charge in [-0.3, -0.25) is 17.4 Å². The van der Waals surface area contributed by atoms with E-state index in [1.54, 1.807) is 0 Å². The predicted octanol–water partition coefficient (Wildman–Crippen LogP) is 11.4. The Labute approximate surface area is 292 Å². The third-order valence-corrected chi connectivity index (χ3v) is 13.6. The maximum atomic E-state index is 7.30. The molecule has 0 aliphatic carbocycles. The number of nitrogens with zero attached hydrogens (tertiary/aromatic N) is 4. The summed E-state index contributed by atoms with van der Waals surface area (Å²) >= 11 is 0. The smallest absolute Gasteiger partial charge is 0.318 e. The number of hydrogen-bond donors (Lipinski definition) is 0. The van der Waals surface area contributed by atoms with E-state index in [0.29, 0.717) is 0 Å². The molecule has 8 heteroatoms. The fourth-order valence-electron chi connectivity index (χ4n) is 7.37. The molecule has 0 bridgehead atoms. The van der Waals surface area contributed by atoms with Crippen molar-refractivity contribution in [2.45, 2.75) is 12.8 Å². The first kappa shape index (κ1) is 29.4. The zero-order valence-electron chi connectivity index (χ0n) is 27.2. The highest BCUT2D eigenvalue weighted by Gasteiger charge is 2.31. The van der Waals surface area contributed by atoms with Crippen LogP contribution >= 0.6 is 16.9 Å². The van der Waals surface area contributed by atoms with Crippen molar-refractivity contribution in [3.8, 4) is 22.6 Å². The van der Waals surface area contributed by atoms with Crippen molar-refractivity contribution in [2.24, 2.45) is 0 Å². The number of fused-ring (bicyclic) bond motifs is 6. The molecule has 2 aliphatic heterocycles. The van der Waals surface area contributed by atoms with Crippen LogP contribution in [0.2, 0.25) is 0 Å². The minimum absolute atomic E-state index is 0.807. The van der Waals surface area contributed by atoms with Crippen LogP contribution in [0.4, 0.5) is 0 Å². The van der Waals surface area contributed by atoms with Crippen LogP contribution in [0.25, 0.3) is 44.8 Å². The molecule has 0 N–H and O–H groups in total. The molecule has 8 aromatic rings. The van der Waals surface area contributed by atoms with E-state index < -0.39 is 16.9 Å². The third kappa shape index (κ3) is 4.56. The van der Waals surface area contributed by atoms with Gasteiger partial charge in [-0.15, -0.1) is 0 Å². The van der Waals surface area contributed by atoms with E-state index in [0.717, 1.165) is 68.1 Å². The zero-order valence-corrected chi connectivity index (χ0v) is 29.0. The Balaban J connectivity index is 1.23. The molecule has 0 amide bonds. The van der Waals surface area contributed by atoms with E-state index in [4.69, 9.17) is 9.05 Å².